The first-order chi connectivity index (χ1) is 15.2. The summed E-state index contributed by atoms with van der Waals surface area (Å²) in [6.07, 6.45) is 1.92. The van der Waals surface area contributed by atoms with Crippen LogP contribution in [0.3, 0.4) is 0 Å². The van der Waals surface area contributed by atoms with Gasteiger partial charge in [-0.25, -0.2) is 4.98 Å². The number of hydrogen-bond acceptors (Lipinski definition) is 6. The Kier molecular flexibility index (Phi) is 7.73. The number of aromatic amines is 1. The number of H-pyrrole nitrogens is 1. The maximum atomic E-state index is 12.7. The third-order valence-electron chi connectivity index (χ3n) is 5.25. The highest BCUT2D eigenvalue weighted by molar-refractivity contribution is 7.99. The smallest absolute Gasteiger partial charge is 0.260 e. The number of thioether (sulfide) groups is 1. The van der Waals surface area contributed by atoms with Crippen LogP contribution in [0.1, 0.15) is 41.1 Å². The number of fused-ring (bicyclic) bond motifs is 1. The number of rotatable bonds is 8. The molecule has 3 rings (SSSR count). The molecule has 1 aromatic carbocycles. The summed E-state index contributed by atoms with van der Waals surface area (Å²) in [5.41, 5.74) is 2.09. The number of thiophene rings is 1. The lowest BCUT2D eigenvalue weighted by atomic mass is 9.98. The van der Waals surface area contributed by atoms with Gasteiger partial charge in [0.2, 0.25) is 5.91 Å². The molecule has 0 spiro atoms. The molecule has 1 unspecified atom stereocenters. The third kappa shape index (κ3) is 5.58. The third-order valence-corrected chi connectivity index (χ3v) is 7.17. The van der Waals surface area contributed by atoms with Crippen molar-refractivity contribution in [3.8, 4) is 0 Å². The van der Waals surface area contributed by atoms with Crippen LogP contribution in [0.25, 0.3) is 10.2 Å². The largest absolute Gasteiger partial charge is 0.345 e. The molecule has 0 radical (unpaired) electrons. The van der Waals surface area contributed by atoms with Gasteiger partial charge in [-0.2, -0.15) is 0 Å². The Morgan fingerprint density at radius 1 is 1.25 bits per heavy atom. The summed E-state index contributed by atoms with van der Waals surface area (Å²) in [7, 11) is 3.38. The number of hydrogen-bond donors (Lipinski definition) is 2. The van der Waals surface area contributed by atoms with Gasteiger partial charge >= 0.3 is 0 Å². The van der Waals surface area contributed by atoms with Crippen molar-refractivity contribution in [3.63, 3.8) is 0 Å². The first-order valence-electron chi connectivity index (χ1n) is 10.5. The van der Waals surface area contributed by atoms with Crippen molar-refractivity contribution >= 4 is 50.8 Å². The van der Waals surface area contributed by atoms with Gasteiger partial charge in [0.05, 0.1) is 11.1 Å². The maximum absolute atomic E-state index is 12.7. The van der Waals surface area contributed by atoms with Gasteiger partial charge in [-0.15, -0.1) is 11.3 Å². The molecule has 32 heavy (non-hydrogen) atoms. The Hall–Kier alpha value is -2.65. The van der Waals surface area contributed by atoms with E-state index < -0.39 is 0 Å². The molecule has 0 saturated heterocycles. The first kappa shape index (κ1) is 24.0. The summed E-state index contributed by atoms with van der Waals surface area (Å²) in [6, 6.07) is 6.74. The Bertz CT molecular complexity index is 1180. The number of aryl methyl sites for hydroxylation is 1. The monoisotopic (exact) mass is 472 g/mol. The standard InChI is InChI=1S/C23H28N4O3S2/c1-6-13(2)11-17-14(3)32-21-19(17)20(29)25-23(26-21)31-12-18(28)24-16-9-7-15(8-10-16)22(30)27(4)5/h7-10,13H,6,11-12H2,1-5H3,(H,24,28)(H,25,26,29). The zero-order valence-electron chi connectivity index (χ0n) is 18.9. The molecular formula is C23H28N4O3S2. The van der Waals surface area contributed by atoms with E-state index in [0.29, 0.717) is 32.5 Å². The van der Waals surface area contributed by atoms with Crippen molar-refractivity contribution in [2.45, 2.75) is 38.8 Å². The normalized spacial score (nSPS) is 12.0. The van der Waals surface area contributed by atoms with Crippen molar-refractivity contribution in [2.75, 3.05) is 25.2 Å². The summed E-state index contributed by atoms with van der Waals surface area (Å²) in [5, 5.41) is 3.91. The molecular weight excluding hydrogens is 444 g/mol. The second-order valence-electron chi connectivity index (χ2n) is 8.02. The average Bonchev–Trinajstić information content (AvgIpc) is 3.07. The summed E-state index contributed by atoms with van der Waals surface area (Å²) >= 11 is 2.72. The van der Waals surface area contributed by atoms with Crippen LogP contribution in [0.4, 0.5) is 5.69 Å². The number of anilines is 1. The van der Waals surface area contributed by atoms with E-state index in [2.05, 4.69) is 29.1 Å². The van der Waals surface area contributed by atoms with Gasteiger partial charge in [-0.1, -0.05) is 32.0 Å². The Balaban J connectivity index is 1.66. The lowest BCUT2D eigenvalue weighted by Crippen LogP contribution is -2.21. The van der Waals surface area contributed by atoms with Gasteiger partial charge < -0.3 is 15.2 Å². The fraction of sp³-hybridized carbons (Fsp3) is 0.391. The molecule has 0 bridgehead atoms. The van der Waals surface area contributed by atoms with Crippen LogP contribution in [-0.4, -0.2) is 46.5 Å². The molecule has 1 atom stereocenters. The van der Waals surface area contributed by atoms with E-state index in [1.807, 2.05) is 6.92 Å². The van der Waals surface area contributed by atoms with Gasteiger partial charge in [0.1, 0.15) is 4.83 Å². The summed E-state index contributed by atoms with van der Waals surface area (Å²) < 4.78 is 0. The zero-order valence-corrected chi connectivity index (χ0v) is 20.6. The molecule has 9 heteroatoms. The van der Waals surface area contributed by atoms with Crippen LogP contribution in [0.15, 0.2) is 34.2 Å². The van der Waals surface area contributed by atoms with E-state index in [0.717, 1.165) is 23.3 Å². The average molecular weight is 473 g/mol. The first-order valence-corrected chi connectivity index (χ1v) is 12.3. The molecule has 0 fully saturated rings. The molecule has 2 aromatic heterocycles. The van der Waals surface area contributed by atoms with Crippen LogP contribution in [0.2, 0.25) is 0 Å². The van der Waals surface area contributed by atoms with Gasteiger partial charge in [-0.3, -0.25) is 14.4 Å². The SMILES string of the molecule is CCC(C)Cc1c(C)sc2nc(SCC(=O)Nc3ccc(C(=O)N(C)C)cc3)[nH]c(=O)c12. The molecule has 2 heterocycles. The van der Waals surface area contributed by atoms with E-state index in [4.69, 9.17) is 0 Å². The number of nitrogens with one attached hydrogen (secondary N) is 2. The number of benzene rings is 1. The highest BCUT2D eigenvalue weighted by atomic mass is 32.2. The van der Waals surface area contributed by atoms with Crippen LogP contribution in [0, 0.1) is 12.8 Å². The van der Waals surface area contributed by atoms with E-state index in [-0.39, 0.29) is 23.1 Å². The zero-order chi connectivity index (χ0) is 23.4. The van der Waals surface area contributed by atoms with Gasteiger partial charge in [0, 0.05) is 30.2 Å². The molecule has 0 saturated carbocycles. The van der Waals surface area contributed by atoms with Crippen LogP contribution in [-0.2, 0) is 11.2 Å². The number of carbonyl (C=O) groups is 2. The minimum absolute atomic E-state index is 0.0972. The second-order valence-corrected chi connectivity index (χ2v) is 10.2. The van der Waals surface area contributed by atoms with Gasteiger partial charge in [-0.05, 0) is 49.1 Å². The van der Waals surface area contributed by atoms with E-state index >= 15 is 0 Å². The maximum Gasteiger partial charge on any atom is 0.260 e. The lowest BCUT2D eigenvalue weighted by molar-refractivity contribution is -0.113. The second kappa shape index (κ2) is 10.3. The molecule has 3 aromatic rings. The summed E-state index contributed by atoms with van der Waals surface area (Å²) in [4.78, 5) is 47.8. The number of aromatic nitrogens is 2. The number of nitrogens with zero attached hydrogens (tertiary/aromatic N) is 2. The van der Waals surface area contributed by atoms with Crippen molar-refractivity contribution in [2.24, 2.45) is 5.92 Å². The fourth-order valence-corrected chi connectivity index (χ4v) is 5.02. The Morgan fingerprint density at radius 3 is 2.56 bits per heavy atom. The molecule has 7 nitrogen and oxygen atoms in total. The number of carbonyl (C=O) groups excluding carboxylic acids is 2. The highest BCUT2D eigenvalue weighted by Crippen LogP contribution is 2.30. The Labute approximate surface area is 195 Å². The van der Waals surface area contributed by atoms with Gasteiger partial charge in [0.15, 0.2) is 5.16 Å². The van der Waals surface area contributed by atoms with Crippen LogP contribution >= 0.6 is 23.1 Å². The minimum Gasteiger partial charge on any atom is -0.345 e. The molecule has 2 N–H and O–H groups in total. The van der Waals surface area contributed by atoms with E-state index in [1.165, 1.54) is 28.0 Å². The minimum atomic E-state index is -0.218. The lowest BCUT2D eigenvalue weighted by Gasteiger charge is -2.11. The molecule has 0 aliphatic heterocycles. The van der Waals surface area contributed by atoms with Crippen molar-refractivity contribution in [1.29, 1.82) is 0 Å². The fourth-order valence-electron chi connectivity index (χ4n) is 3.25. The van der Waals surface area contributed by atoms with Crippen LogP contribution < -0.4 is 10.9 Å². The quantitative estimate of drug-likeness (QED) is 0.376. The van der Waals surface area contributed by atoms with Crippen molar-refractivity contribution < 1.29 is 9.59 Å². The van der Waals surface area contributed by atoms with Crippen molar-refractivity contribution in [1.82, 2.24) is 14.9 Å². The Morgan fingerprint density at radius 2 is 1.94 bits per heavy atom. The summed E-state index contributed by atoms with van der Waals surface area (Å²) in [5.74, 6) is 0.291. The molecule has 170 valence electrons. The topological polar surface area (TPSA) is 95.2 Å². The van der Waals surface area contributed by atoms with Crippen molar-refractivity contribution in [3.05, 3.63) is 50.6 Å². The molecule has 0 aliphatic carbocycles. The summed E-state index contributed by atoms with van der Waals surface area (Å²) in [6.45, 7) is 6.36. The number of amides is 2. The highest BCUT2D eigenvalue weighted by Gasteiger charge is 2.17. The predicted octanol–water partition coefficient (Wildman–Crippen LogP) is 4.31. The predicted molar refractivity (Wildman–Crippen MR) is 132 cm³/mol. The van der Waals surface area contributed by atoms with Crippen LogP contribution in [0.5, 0.6) is 0 Å². The molecule has 0 aliphatic rings. The molecule has 2 amide bonds. The van der Waals surface area contributed by atoms with E-state index in [9.17, 15) is 14.4 Å². The van der Waals surface area contributed by atoms with E-state index in [1.54, 1.807) is 38.4 Å². The van der Waals surface area contributed by atoms with Gasteiger partial charge in [0.25, 0.3) is 11.5 Å².